The maximum absolute atomic E-state index is 12.9. The van der Waals surface area contributed by atoms with Crippen LogP contribution in [0.5, 0.6) is 0 Å². The fraction of sp³-hybridized carbons (Fsp3) is 0.400. The van der Waals surface area contributed by atoms with Gasteiger partial charge in [-0.1, -0.05) is 24.3 Å². The Labute approximate surface area is 167 Å². The molecule has 0 bridgehead atoms. The van der Waals surface area contributed by atoms with Crippen molar-refractivity contribution in [3.05, 3.63) is 47.7 Å². The number of hydrogen-bond acceptors (Lipinski definition) is 3. The lowest BCUT2D eigenvalue weighted by molar-refractivity contribution is -0.175. The van der Waals surface area contributed by atoms with Crippen LogP contribution in [0.1, 0.15) is 41.6 Å². The number of carbonyl (C=O) groups is 1. The van der Waals surface area contributed by atoms with Crippen LogP contribution in [0, 0.1) is 5.92 Å². The van der Waals surface area contributed by atoms with Crippen LogP contribution >= 0.6 is 12.4 Å². The first kappa shape index (κ1) is 22.2. The zero-order valence-electron chi connectivity index (χ0n) is 15.3. The van der Waals surface area contributed by atoms with Crippen LogP contribution in [0.3, 0.4) is 0 Å². The topological polar surface area (TPSA) is 68.0 Å². The van der Waals surface area contributed by atoms with E-state index in [2.05, 4.69) is 10.3 Å². The number of carbonyl (C=O) groups excluding carboxylic acids is 1. The van der Waals surface area contributed by atoms with Gasteiger partial charge in [0.25, 0.3) is 5.91 Å². The number of nitrogens with two attached hydrogens (primary N) is 1. The molecule has 0 spiro atoms. The molecule has 1 amide bonds. The Bertz CT molecular complexity index is 867. The van der Waals surface area contributed by atoms with Crippen LogP contribution in [0.4, 0.5) is 13.2 Å². The second-order valence-corrected chi connectivity index (χ2v) is 6.74. The first-order chi connectivity index (χ1) is 12.9. The number of nitrogens with zero attached hydrogens (tertiary/aromatic N) is 1. The summed E-state index contributed by atoms with van der Waals surface area (Å²) in [5.41, 5.74) is 8.29. The molecule has 0 aliphatic heterocycles. The van der Waals surface area contributed by atoms with Gasteiger partial charge in [-0.3, -0.25) is 9.78 Å². The second kappa shape index (κ2) is 9.39. The van der Waals surface area contributed by atoms with E-state index in [0.717, 1.165) is 16.5 Å². The fourth-order valence-corrected chi connectivity index (χ4v) is 3.33. The molecular formula is C20H23ClF3N3O. The van der Waals surface area contributed by atoms with Gasteiger partial charge < -0.3 is 11.1 Å². The van der Waals surface area contributed by atoms with Gasteiger partial charge in [-0.2, -0.15) is 13.2 Å². The molecule has 0 fully saturated rings. The van der Waals surface area contributed by atoms with E-state index in [1.54, 1.807) is 12.1 Å². The molecule has 3 N–H and O–H groups in total. The highest BCUT2D eigenvalue weighted by Gasteiger charge is 2.39. The van der Waals surface area contributed by atoms with E-state index in [1.165, 1.54) is 6.20 Å². The molecule has 1 aromatic carbocycles. The van der Waals surface area contributed by atoms with Crippen molar-refractivity contribution in [1.29, 1.82) is 0 Å². The highest BCUT2D eigenvalue weighted by atomic mass is 35.5. The average Bonchev–Trinajstić information content (AvgIpc) is 2.66. The van der Waals surface area contributed by atoms with Crippen molar-refractivity contribution in [2.75, 3.05) is 13.1 Å². The quantitative estimate of drug-likeness (QED) is 0.710. The Balaban J connectivity index is 0.00000280. The van der Waals surface area contributed by atoms with Crippen LogP contribution < -0.4 is 11.1 Å². The molecule has 3 rings (SSSR count). The summed E-state index contributed by atoms with van der Waals surface area (Å²) in [5.74, 6) is -1.49. The summed E-state index contributed by atoms with van der Waals surface area (Å²) < 4.78 is 38.6. The normalized spacial score (nSPS) is 17.0. The van der Waals surface area contributed by atoms with Crippen molar-refractivity contribution in [3.8, 4) is 0 Å². The Morgan fingerprint density at radius 3 is 2.75 bits per heavy atom. The largest absolute Gasteiger partial charge is 0.392 e. The van der Waals surface area contributed by atoms with Crippen LogP contribution in [-0.2, 0) is 0 Å². The van der Waals surface area contributed by atoms with Gasteiger partial charge in [0, 0.05) is 23.7 Å². The molecule has 1 aliphatic carbocycles. The molecule has 28 heavy (non-hydrogen) atoms. The summed E-state index contributed by atoms with van der Waals surface area (Å²) in [6.45, 7) is 1.00. The zero-order valence-corrected chi connectivity index (χ0v) is 16.1. The smallest absolute Gasteiger partial charge is 0.352 e. The lowest BCUT2D eigenvalue weighted by Gasteiger charge is -2.24. The first-order valence-corrected chi connectivity index (χ1v) is 9.03. The SMILES string of the molecule is Cl.NCCCNC(=O)c1cnc2c(C3=CC[C@@H](C(F)(F)F)CC3)cccc2c1. The van der Waals surface area contributed by atoms with Crippen molar-refractivity contribution < 1.29 is 18.0 Å². The van der Waals surface area contributed by atoms with E-state index in [1.807, 2.05) is 18.2 Å². The van der Waals surface area contributed by atoms with Gasteiger partial charge in [0.15, 0.2) is 0 Å². The van der Waals surface area contributed by atoms with E-state index in [4.69, 9.17) is 5.73 Å². The molecule has 1 aromatic heterocycles. The number of pyridine rings is 1. The number of nitrogens with one attached hydrogen (secondary N) is 1. The van der Waals surface area contributed by atoms with Gasteiger partial charge in [0.2, 0.25) is 0 Å². The maximum atomic E-state index is 12.9. The number of para-hydroxylation sites is 1. The summed E-state index contributed by atoms with van der Waals surface area (Å²) in [5, 5.41) is 3.57. The standard InChI is InChI=1S/C20H22F3N3O.ClH/c21-20(22,23)16-7-5-13(6-8-16)17-4-1-3-14-11-15(12-26-18(14)17)19(27)25-10-2-9-24;/h1,3-5,11-12,16H,2,6-10,24H2,(H,25,27);1H/t16-;/m1./s1. The minimum absolute atomic E-state index is 0. The number of fused-ring (bicyclic) bond motifs is 1. The highest BCUT2D eigenvalue weighted by molar-refractivity contribution is 5.99. The van der Waals surface area contributed by atoms with Crippen LogP contribution in [0.2, 0.25) is 0 Å². The molecule has 1 aliphatic rings. The minimum Gasteiger partial charge on any atom is -0.352 e. The molecule has 0 unspecified atom stereocenters. The lowest BCUT2D eigenvalue weighted by atomic mass is 9.85. The molecule has 0 saturated carbocycles. The van der Waals surface area contributed by atoms with E-state index in [0.29, 0.717) is 37.0 Å². The van der Waals surface area contributed by atoms with E-state index in [9.17, 15) is 18.0 Å². The maximum Gasteiger partial charge on any atom is 0.392 e. The fourth-order valence-electron chi connectivity index (χ4n) is 3.33. The van der Waals surface area contributed by atoms with Crippen LogP contribution in [0.25, 0.3) is 16.5 Å². The highest BCUT2D eigenvalue weighted by Crippen LogP contribution is 2.40. The van der Waals surface area contributed by atoms with Gasteiger partial charge in [-0.05, 0) is 43.9 Å². The number of rotatable bonds is 5. The molecule has 1 heterocycles. The van der Waals surface area contributed by atoms with E-state index in [-0.39, 0.29) is 31.2 Å². The second-order valence-electron chi connectivity index (χ2n) is 6.74. The van der Waals surface area contributed by atoms with Crippen molar-refractivity contribution >= 4 is 34.8 Å². The molecule has 8 heteroatoms. The Kier molecular flexibility index (Phi) is 7.43. The third-order valence-corrected chi connectivity index (χ3v) is 4.86. The molecule has 0 radical (unpaired) electrons. The molecular weight excluding hydrogens is 391 g/mol. The zero-order chi connectivity index (χ0) is 19.4. The monoisotopic (exact) mass is 413 g/mol. The lowest BCUT2D eigenvalue weighted by Crippen LogP contribution is -2.26. The summed E-state index contributed by atoms with van der Waals surface area (Å²) >= 11 is 0. The summed E-state index contributed by atoms with van der Waals surface area (Å²) in [7, 11) is 0. The van der Waals surface area contributed by atoms with Crippen LogP contribution in [-0.4, -0.2) is 30.2 Å². The molecule has 0 saturated heterocycles. The molecule has 4 nitrogen and oxygen atoms in total. The van der Waals surface area contributed by atoms with Gasteiger partial charge in [0.05, 0.1) is 17.0 Å². The van der Waals surface area contributed by atoms with Crippen LogP contribution in [0.15, 0.2) is 36.5 Å². The number of allylic oxidation sites excluding steroid dienone is 2. The first-order valence-electron chi connectivity index (χ1n) is 9.03. The Hall–Kier alpha value is -2.12. The number of amides is 1. The third-order valence-electron chi connectivity index (χ3n) is 4.86. The summed E-state index contributed by atoms with van der Waals surface area (Å²) in [4.78, 5) is 16.6. The molecule has 1 atom stereocenters. The van der Waals surface area contributed by atoms with Crippen molar-refractivity contribution in [1.82, 2.24) is 10.3 Å². The minimum atomic E-state index is -4.15. The number of benzene rings is 1. The van der Waals surface area contributed by atoms with Gasteiger partial charge in [-0.25, -0.2) is 0 Å². The Morgan fingerprint density at radius 1 is 1.32 bits per heavy atom. The summed E-state index contributed by atoms with van der Waals surface area (Å²) in [6, 6.07) is 7.32. The van der Waals surface area contributed by atoms with Crippen molar-refractivity contribution in [2.24, 2.45) is 11.7 Å². The predicted molar refractivity (Wildman–Crippen MR) is 106 cm³/mol. The van der Waals surface area contributed by atoms with Crippen molar-refractivity contribution in [2.45, 2.75) is 31.9 Å². The predicted octanol–water partition coefficient (Wildman–Crippen LogP) is 4.48. The number of hydrogen-bond donors (Lipinski definition) is 2. The van der Waals surface area contributed by atoms with Gasteiger partial charge >= 0.3 is 6.18 Å². The van der Waals surface area contributed by atoms with E-state index < -0.39 is 12.1 Å². The number of aromatic nitrogens is 1. The van der Waals surface area contributed by atoms with Crippen molar-refractivity contribution in [3.63, 3.8) is 0 Å². The van der Waals surface area contributed by atoms with E-state index >= 15 is 0 Å². The average molecular weight is 414 g/mol. The van der Waals surface area contributed by atoms with Gasteiger partial charge in [0.1, 0.15) is 0 Å². The molecule has 152 valence electrons. The van der Waals surface area contributed by atoms with Gasteiger partial charge in [-0.15, -0.1) is 12.4 Å². The number of halogens is 4. The summed E-state index contributed by atoms with van der Waals surface area (Å²) in [6.07, 6.45) is 0.183. The third kappa shape index (κ3) is 5.02. The Morgan fingerprint density at radius 2 is 2.11 bits per heavy atom. The number of alkyl halides is 3. The molecule has 2 aromatic rings.